The van der Waals surface area contributed by atoms with Crippen LogP contribution in [0.2, 0.25) is 0 Å². The Kier molecular flexibility index (Phi) is 6.33. The maximum atomic E-state index is 13.6. The van der Waals surface area contributed by atoms with Gasteiger partial charge < -0.3 is 9.64 Å². The molecule has 0 aliphatic rings. The van der Waals surface area contributed by atoms with Gasteiger partial charge in [-0.3, -0.25) is 4.79 Å². The van der Waals surface area contributed by atoms with E-state index in [1.165, 1.54) is 49.3 Å². The predicted molar refractivity (Wildman–Crippen MR) is 95.7 cm³/mol. The van der Waals surface area contributed by atoms with Gasteiger partial charge in [-0.05, 0) is 30.3 Å². The zero-order valence-electron chi connectivity index (χ0n) is 14.8. The molecule has 0 heterocycles. The van der Waals surface area contributed by atoms with Crippen LogP contribution in [-0.2, 0) is 21.4 Å². The van der Waals surface area contributed by atoms with Crippen LogP contribution >= 0.6 is 0 Å². The summed E-state index contributed by atoms with van der Waals surface area (Å²) in [6, 6.07) is 12.1. The van der Waals surface area contributed by atoms with Crippen LogP contribution in [0.15, 0.2) is 53.4 Å². The highest BCUT2D eigenvalue weighted by Crippen LogP contribution is 2.18. The molecule has 2 rings (SSSR count). The molecule has 0 radical (unpaired) electrons. The van der Waals surface area contributed by atoms with Crippen molar-refractivity contribution in [3.05, 3.63) is 59.9 Å². The van der Waals surface area contributed by atoms with Crippen LogP contribution in [0.3, 0.4) is 0 Å². The van der Waals surface area contributed by atoms with E-state index in [4.69, 9.17) is 4.74 Å². The monoisotopic (exact) mass is 380 g/mol. The fraction of sp³-hybridized carbons (Fsp3) is 0.278. The predicted octanol–water partition coefficient (Wildman–Crippen LogP) is 2.11. The van der Waals surface area contributed by atoms with Crippen molar-refractivity contribution in [1.82, 2.24) is 9.21 Å². The zero-order valence-corrected chi connectivity index (χ0v) is 15.7. The molecule has 0 aromatic heterocycles. The molecule has 0 saturated carbocycles. The number of hydrogen-bond donors (Lipinski definition) is 0. The van der Waals surface area contributed by atoms with Crippen molar-refractivity contribution in [2.75, 3.05) is 27.7 Å². The van der Waals surface area contributed by atoms with Crippen molar-refractivity contribution >= 4 is 15.9 Å². The molecule has 0 spiro atoms. The second kappa shape index (κ2) is 8.29. The van der Waals surface area contributed by atoms with Gasteiger partial charge in [0.05, 0.1) is 4.90 Å². The Hall–Kier alpha value is -2.45. The van der Waals surface area contributed by atoms with E-state index < -0.39 is 10.0 Å². The Labute approximate surface area is 152 Å². The normalized spacial score (nSPS) is 11.4. The molecular weight excluding hydrogens is 359 g/mol. The lowest BCUT2D eigenvalue weighted by Gasteiger charge is -2.18. The van der Waals surface area contributed by atoms with Gasteiger partial charge in [0.2, 0.25) is 10.0 Å². The molecule has 0 unspecified atom stereocenters. The minimum Gasteiger partial charge on any atom is -0.484 e. The van der Waals surface area contributed by atoms with Gasteiger partial charge in [0.1, 0.15) is 11.6 Å². The van der Waals surface area contributed by atoms with Crippen molar-refractivity contribution in [2.24, 2.45) is 0 Å². The quantitative estimate of drug-likeness (QED) is 0.738. The van der Waals surface area contributed by atoms with Crippen LogP contribution in [0.1, 0.15) is 5.56 Å². The number of hydrogen-bond acceptors (Lipinski definition) is 4. The average molecular weight is 380 g/mol. The van der Waals surface area contributed by atoms with Gasteiger partial charge in [0, 0.05) is 33.3 Å². The first-order valence-electron chi connectivity index (χ1n) is 7.84. The molecule has 0 aliphatic carbocycles. The van der Waals surface area contributed by atoms with Crippen molar-refractivity contribution < 1.29 is 22.3 Å². The molecule has 2 aromatic rings. The lowest BCUT2D eigenvalue weighted by Crippen LogP contribution is -2.31. The van der Waals surface area contributed by atoms with E-state index in [1.54, 1.807) is 25.2 Å². The Bertz CT molecular complexity index is 867. The third kappa shape index (κ3) is 4.80. The van der Waals surface area contributed by atoms with Gasteiger partial charge >= 0.3 is 0 Å². The number of ether oxygens (including phenoxy) is 1. The van der Waals surface area contributed by atoms with Crippen LogP contribution in [0.4, 0.5) is 4.39 Å². The minimum atomic E-state index is -3.51. The summed E-state index contributed by atoms with van der Waals surface area (Å²) in [7, 11) is 0.947. The first-order valence-corrected chi connectivity index (χ1v) is 9.28. The summed E-state index contributed by atoms with van der Waals surface area (Å²) in [5.41, 5.74) is 0.418. The average Bonchev–Trinajstić information content (AvgIpc) is 2.61. The molecule has 2 aromatic carbocycles. The van der Waals surface area contributed by atoms with Gasteiger partial charge in [-0.15, -0.1) is 0 Å². The Balaban J connectivity index is 1.94. The summed E-state index contributed by atoms with van der Waals surface area (Å²) in [5.74, 6) is -0.320. The van der Waals surface area contributed by atoms with E-state index >= 15 is 0 Å². The standard InChI is InChI=1S/C18H21FN2O4S/c1-20(2)26(23,24)16-10-8-15(9-11-16)25-13-18(22)21(3)12-14-6-4-5-7-17(14)19/h4-11H,12-13H2,1-3H3. The highest BCUT2D eigenvalue weighted by atomic mass is 32.2. The SMILES string of the molecule is CN(Cc1ccccc1F)C(=O)COc1ccc(S(=O)(=O)N(C)C)cc1. The third-order valence-electron chi connectivity index (χ3n) is 3.76. The van der Waals surface area contributed by atoms with Gasteiger partial charge in [0.15, 0.2) is 6.61 Å². The summed E-state index contributed by atoms with van der Waals surface area (Å²) in [6.45, 7) is -0.0976. The lowest BCUT2D eigenvalue weighted by molar-refractivity contribution is -0.132. The molecule has 0 bridgehead atoms. The van der Waals surface area contributed by atoms with Crippen LogP contribution in [0, 0.1) is 5.82 Å². The summed E-state index contributed by atoms with van der Waals surface area (Å²) in [5, 5.41) is 0. The summed E-state index contributed by atoms with van der Waals surface area (Å²) >= 11 is 0. The maximum Gasteiger partial charge on any atom is 0.260 e. The molecule has 26 heavy (non-hydrogen) atoms. The Morgan fingerprint density at radius 1 is 1.04 bits per heavy atom. The first kappa shape index (κ1) is 19.9. The fourth-order valence-electron chi connectivity index (χ4n) is 2.14. The van der Waals surface area contributed by atoms with Crippen molar-refractivity contribution in [1.29, 1.82) is 0 Å². The van der Waals surface area contributed by atoms with Crippen molar-refractivity contribution in [2.45, 2.75) is 11.4 Å². The fourth-order valence-corrected chi connectivity index (χ4v) is 3.05. The van der Waals surface area contributed by atoms with Crippen molar-refractivity contribution in [3.8, 4) is 5.75 Å². The number of rotatable bonds is 7. The molecule has 0 saturated heterocycles. The number of halogens is 1. The van der Waals surface area contributed by atoms with Crippen LogP contribution in [-0.4, -0.2) is 51.3 Å². The van der Waals surface area contributed by atoms with Gasteiger partial charge in [-0.1, -0.05) is 18.2 Å². The Morgan fingerprint density at radius 3 is 2.23 bits per heavy atom. The van der Waals surface area contributed by atoms with E-state index in [-0.39, 0.29) is 29.8 Å². The zero-order chi connectivity index (χ0) is 19.3. The molecule has 0 fully saturated rings. The van der Waals surface area contributed by atoms with Gasteiger partial charge in [-0.2, -0.15) is 0 Å². The molecule has 0 atom stereocenters. The number of benzene rings is 2. The third-order valence-corrected chi connectivity index (χ3v) is 5.59. The number of sulfonamides is 1. The molecule has 1 amide bonds. The number of amides is 1. The highest BCUT2D eigenvalue weighted by molar-refractivity contribution is 7.89. The van der Waals surface area contributed by atoms with Crippen LogP contribution < -0.4 is 4.74 Å². The highest BCUT2D eigenvalue weighted by Gasteiger charge is 2.17. The van der Waals surface area contributed by atoms with E-state index in [0.29, 0.717) is 11.3 Å². The molecule has 6 nitrogen and oxygen atoms in total. The summed E-state index contributed by atoms with van der Waals surface area (Å²) in [4.78, 5) is 13.6. The minimum absolute atomic E-state index is 0.134. The molecular formula is C18H21FN2O4S. The Morgan fingerprint density at radius 2 is 1.65 bits per heavy atom. The first-order chi connectivity index (χ1) is 12.2. The number of likely N-dealkylation sites (N-methyl/N-ethyl adjacent to an activating group) is 1. The van der Waals surface area contributed by atoms with E-state index in [0.717, 1.165) is 4.31 Å². The summed E-state index contributed by atoms with van der Waals surface area (Å²) < 4.78 is 44.1. The number of carbonyl (C=O) groups excluding carboxylic acids is 1. The molecule has 0 aliphatic heterocycles. The van der Waals surface area contributed by atoms with E-state index in [2.05, 4.69) is 0 Å². The maximum absolute atomic E-state index is 13.6. The van der Waals surface area contributed by atoms with E-state index in [1.807, 2.05) is 0 Å². The molecule has 8 heteroatoms. The van der Waals surface area contributed by atoms with E-state index in [9.17, 15) is 17.6 Å². The molecule has 0 N–H and O–H groups in total. The smallest absolute Gasteiger partial charge is 0.260 e. The second-order valence-corrected chi connectivity index (χ2v) is 8.04. The second-order valence-electron chi connectivity index (χ2n) is 5.89. The van der Waals surface area contributed by atoms with Crippen molar-refractivity contribution in [3.63, 3.8) is 0 Å². The number of carbonyl (C=O) groups is 1. The topological polar surface area (TPSA) is 66.9 Å². The number of nitrogens with zero attached hydrogens (tertiary/aromatic N) is 2. The van der Waals surface area contributed by atoms with Gasteiger partial charge in [-0.25, -0.2) is 17.1 Å². The summed E-state index contributed by atoms with van der Waals surface area (Å²) in [6.07, 6.45) is 0. The van der Waals surface area contributed by atoms with Crippen LogP contribution in [0.25, 0.3) is 0 Å². The van der Waals surface area contributed by atoms with Crippen LogP contribution in [0.5, 0.6) is 5.75 Å². The lowest BCUT2D eigenvalue weighted by atomic mass is 10.2. The molecule has 140 valence electrons. The van der Waals surface area contributed by atoms with Gasteiger partial charge in [0.25, 0.3) is 5.91 Å². The largest absolute Gasteiger partial charge is 0.484 e.